The standard InChI is InChI=1S/C13H13N5O4/c1-22-8-5-3-2-4-7(8)15-9-6-10(18-13(20)21)17-12(16-9)11(14)19/h2-6H,1H3,(H2,14,19)(H,20,21)(H2,15,16,17,18). The van der Waals surface area contributed by atoms with Crippen LogP contribution in [0.3, 0.4) is 0 Å². The monoisotopic (exact) mass is 303 g/mol. The first kappa shape index (κ1) is 15.0. The van der Waals surface area contributed by atoms with Crippen LogP contribution in [0.1, 0.15) is 10.6 Å². The minimum atomic E-state index is -1.32. The van der Waals surface area contributed by atoms with Gasteiger partial charge in [0.2, 0.25) is 5.82 Å². The molecule has 0 bridgehead atoms. The van der Waals surface area contributed by atoms with Gasteiger partial charge < -0.3 is 20.9 Å². The van der Waals surface area contributed by atoms with Gasteiger partial charge in [-0.15, -0.1) is 0 Å². The quantitative estimate of drug-likeness (QED) is 0.654. The fourth-order valence-electron chi connectivity index (χ4n) is 1.68. The van der Waals surface area contributed by atoms with Crippen molar-refractivity contribution in [3.8, 4) is 5.75 Å². The molecule has 114 valence electrons. The van der Waals surface area contributed by atoms with Crippen molar-refractivity contribution in [1.29, 1.82) is 0 Å². The fraction of sp³-hybridized carbons (Fsp3) is 0.0769. The number of carbonyl (C=O) groups excluding carboxylic acids is 1. The number of carbonyl (C=O) groups is 2. The number of hydrogen-bond donors (Lipinski definition) is 4. The second-order valence-electron chi connectivity index (χ2n) is 4.08. The molecule has 9 nitrogen and oxygen atoms in total. The summed E-state index contributed by atoms with van der Waals surface area (Å²) in [7, 11) is 1.51. The molecule has 0 unspecified atom stereocenters. The van der Waals surface area contributed by atoms with E-state index in [-0.39, 0.29) is 17.5 Å². The average Bonchev–Trinajstić information content (AvgIpc) is 2.46. The molecule has 0 aliphatic rings. The summed E-state index contributed by atoms with van der Waals surface area (Å²) < 4.78 is 5.18. The van der Waals surface area contributed by atoms with Gasteiger partial charge in [-0.3, -0.25) is 10.1 Å². The Morgan fingerprint density at radius 3 is 2.55 bits per heavy atom. The number of anilines is 3. The van der Waals surface area contributed by atoms with Crippen LogP contribution in [0.5, 0.6) is 5.75 Å². The van der Waals surface area contributed by atoms with Crippen LogP contribution in [0.2, 0.25) is 0 Å². The van der Waals surface area contributed by atoms with Crippen LogP contribution in [0, 0.1) is 0 Å². The minimum Gasteiger partial charge on any atom is -0.495 e. The van der Waals surface area contributed by atoms with Gasteiger partial charge in [-0.25, -0.2) is 14.8 Å². The molecule has 0 fully saturated rings. The van der Waals surface area contributed by atoms with Crippen LogP contribution >= 0.6 is 0 Å². The van der Waals surface area contributed by atoms with E-state index in [0.29, 0.717) is 11.4 Å². The van der Waals surface area contributed by atoms with E-state index >= 15 is 0 Å². The van der Waals surface area contributed by atoms with Crippen molar-refractivity contribution in [1.82, 2.24) is 9.97 Å². The molecule has 0 atom stereocenters. The van der Waals surface area contributed by atoms with Crippen LogP contribution in [0.15, 0.2) is 30.3 Å². The number of hydrogen-bond acceptors (Lipinski definition) is 6. The lowest BCUT2D eigenvalue weighted by Crippen LogP contribution is -2.18. The van der Waals surface area contributed by atoms with Crippen molar-refractivity contribution < 1.29 is 19.4 Å². The van der Waals surface area contributed by atoms with Crippen LogP contribution < -0.4 is 21.1 Å². The van der Waals surface area contributed by atoms with E-state index in [0.717, 1.165) is 0 Å². The largest absolute Gasteiger partial charge is 0.495 e. The third-order valence-electron chi connectivity index (χ3n) is 2.55. The number of methoxy groups -OCH3 is 1. The minimum absolute atomic E-state index is 0.0753. The Morgan fingerprint density at radius 1 is 1.23 bits per heavy atom. The third kappa shape index (κ3) is 3.60. The summed E-state index contributed by atoms with van der Waals surface area (Å²) in [5, 5.41) is 13.7. The van der Waals surface area contributed by atoms with Gasteiger partial charge in [-0.1, -0.05) is 12.1 Å². The van der Waals surface area contributed by atoms with Gasteiger partial charge in [-0.05, 0) is 12.1 Å². The highest BCUT2D eigenvalue weighted by molar-refractivity contribution is 5.91. The molecule has 0 aliphatic heterocycles. The number of amides is 2. The van der Waals surface area contributed by atoms with Gasteiger partial charge in [0.25, 0.3) is 5.91 Å². The smallest absolute Gasteiger partial charge is 0.410 e. The lowest BCUT2D eigenvalue weighted by atomic mass is 10.3. The van der Waals surface area contributed by atoms with E-state index in [4.69, 9.17) is 15.6 Å². The lowest BCUT2D eigenvalue weighted by Gasteiger charge is -2.11. The topological polar surface area (TPSA) is 139 Å². The molecule has 0 spiro atoms. The Hall–Kier alpha value is -3.36. The second kappa shape index (κ2) is 6.39. The van der Waals surface area contributed by atoms with Crippen molar-refractivity contribution in [3.05, 3.63) is 36.2 Å². The predicted octanol–water partition coefficient (Wildman–Crippen LogP) is 1.42. The molecule has 1 aromatic carbocycles. The maximum absolute atomic E-state index is 11.2. The Morgan fingerprint density at radius 2 is 1.91 bits per heavy atom. The van der Waals surface area contributed by atoms with E-state index in [1.807, 2.05) is 5.32 Å². The Bertz CT molecular complexity index is 719. The Kier molecular flexibility index (Phi) is 4.37. The van der Waals surface area contributed by atoms with Gasteiger partial charge in [0, 0.05) is 6.07 Å². The summed E-state index contributed by atoms with van der Waals surface area (Å²) in [6.07, 6.45) is -1.32. The molecule has 9 heteroatoms. The molecule has 5 N–H and O–H groups in total. The van der Waals surface area contributed by atoms with Gasteiger partial charge in [0.05, 0.1) is 12.8 Å². The molecule has 0 saturated heterocycles. The molecule has 1 heterocycles. The van der Waals surface area contributed by atoms with Crippen LogP contribution in [0.25, 0.3) is 0 Å². The maximum Gasteiger partial charge on any atom is 0.410 e. The number of aromatic nitrogens is 2. The molecular formula is C13H13N5O4. The first-order valence-corrected chi connectivity index (χ1v) is 6.08. The van der Waals surface area contributed by atoms with E-state index in [1.165, 1.54) is 13.2 Å². The molecule has 22 heavy (non-hydrogen) atoms. The first-order valence-electron chi connectivity index (χ1n) is 6.08. The average molecular weight is 303 g/mol. The van der Waals surface area contributed by atoms with Crippen LogP contribution in [-0.4, -0.2) is 34.2 Å². The Balaban J connectivity index is 2.39. The van der Waals surface area contributed by atoms with Crippen molar-refractivity contribution in [3.63, 3.8) is 0 Å². The molecule has 0 saturated carbocycles. The molecular weight excluding hydrogens is 290 g/mol. The summed E-state index contributed by atoms with van der Waals surface area (Å²) in [6, 6.07) is 8.35. The molecule has 1 aromatic heterocycles. The summed E-state index contributed by atoms with van der Waals surface area (Å²) in [4.78, 5) is 29.6. The van der Waals surface area contributed by atoms with Crippen molar-refractivity contribution >= 4 is 29.3 Å². The second-order valence-corrected chi connectivity index (χ2v) is 4.08. The molecule has 2 aromatic rings. The maximum atomic E-state index is 11.2. The van der Waals surface area contributed by atoms with E-state index in [2.05, 4.69) is 15.3 Å². The number of rotatable bonds is 5. The summed E-state index contributed by atoms with van der Waals surface area (Å²) >= 11 is 0. The van der Waals surface area contributed by atoms with Gasteiger partial charge in [0.15, 0.2) is 0 Å². The summed E-state index contributed by atoms with van der Waals surface area (Å²) in [5.74, 6) is -0.527. The zero-order valence-electron chi connectivity index (χ0n) is 11.5. The van der Waals surface area contributed by atoms with Crippen molar-refractivity contribution in [2.24, 2.45) is 5.73 Å². The fourth-order valence-corrected chi connectivity index (χ4v) is 1.68. The predicted molar refractivity (Wildman–Crippen MR) is 78.5 cm³/mol. The van der Waals surface area contributed by atoms with Gasteiger partial charge >= 0.3 is 6.09 Å². The Labute approximate surface area is 125 Å². The SMILES string of the molecule is COc1ccccc1Nc1cc(NC(=O)O)nc(C(N)=O)n1. The number of ether oxygens (including phenoxy) is 1. The van der Waals surface area contributed by atoms with Crippen molar-refractivity contribution in [2.75, 3.05) is 17.7 Å². The van der Waals surface area contributed by atoms with Crippen LogP contribution in [0.4, 0.5) is 22.1 Å². The number of nitrogens with two attached hydrogens (primary N) is 1. The number of para-hydroxylation sites is 2. The first-order chi connectivity index (χ1) is 10.5. The molecule has 0 aliphatic carbocycles. The van der Waals surface area contributed by atoms with E-state index in [1.54, 1.807) is 24.3 Å². The zero-order chi connectivity index (χ0) is 16.1. The molecule has 2 rings (SSSR count). The lowest BCUT2D eigenvalue weighted by molar-refractivity contribution is 0.0990. The third-order valence-corrected chi connectivity index (χ3v) is 2.55. The number of benzene rings is 1. The highest BCUT2D eigenvalue weighted by Gasteiger charge is 2.12. The highest BCUT2D eigenvalue weighted by Crippen LogP contribution is 2.26. The number of carboxylic acid groups (broad SMARTS) is 1. The number of nitrogens with zero attached hydrogens (tertiary/aromatic N) is 2. The molecule has 0 radical (unpaired) electrons. The van der Waals surface area contributed by atoms with Crippen molar-refractivity contribution in [2.45, 2.75) is 0 Å². The number of nitrogens with one attached hydrogen (secondary N) is 2. The van der Waals surface area contributed by atoms with E-state index < -0.39 is 12.0 Å². The summed E-state index contributed by atoms with van der Waals surface area (Å²) in [6.45, 7) is 0. The van der Waals surface area contributed by atoms with Gasteiger partial charge in [0.1, 0.15) is 17.4 Å². The normalized spacial score (nSPS) is 9.86. The number of primary amides is 1. The highest BCUT2D eigenvalue weighted by atomic mass is 16.5. The molecule has 2 amide bonds. The zero-order valence-corrected chi connectivity index (χ0v) is 11.5. The summed E-state index contributed by atoms with van der Waals surface area (Å²) in [5.41, 5.74) is 5.72. The van der Waals surface area contributed by atoms with Gasteiger partial charge in [-0.2, -0.15) is 0 Å². The van der Waals surface area contributed by atoms with Crippen LogP contribution in [-0.2, 0) is 0 Å². The van der Waals surface area contributed by atoms with E-state index in [9.17, 15) is 9.59 Å².